The van der Waals surface area contributed by atoms with E-state index in [1.54, 1.807) is 6.20 Å². The predicted molar refractivity (Wildman–Crippen MR) is 139 cm³/mol. The highest BCUT2D eigenvalue weighted by atomic mass is 19.4. The molecule has 0 saturated carbocycles. The molecule has 188 valence electrons. The molecule has 1 aliphatic rings. The number of alkyl halides is 3. The summed E-state index contributed by atoms with van der Waals surface area (Å²) in [5.41, 5.74) is 5.01. The number of amides is 1. The Morgan fingerprint density at radius 3 is 2.45 bits per heavy atom. The number of carbonyl (C=O) groups is 1. The van der Waals surface area contributed by atoms with Gasteiger partial charge in [-0.2, -0.15) is 18.3 Å². The molecule has 5 aromatic rings. The number of benzene rings is 3. The van der Waals surface area contributed by atoms with Gasteiger partial charge in [-0.1, -0.05) is 30.3 Å². The summed E-state index contributed by atoms with van der Waals surface area (Å²) in [4.78, 5) is 20.0. The number of halogens is 3. The first kappa shape index (κ1) is 23.3. The van der Waals surface area contributed by atoms with Gasteiger partial charge in [0.25, 0.3) is 5.91 Å². The number of anilines is 3. The predicted octanol–water partition coefficient (Wildman–Crippen LogP) is 6.72. The summed E-state index contributed by atoms with van der Waals surface area (Å²) in [6.45, 7) is 0. The molecule has 3 heterocycles. The van der Waals surface area contributed by atoms with Crippen LogP contribution in [0.1, 0.15) is 16.8 Å². The molecule has 1 amide bonds. The van der Waals surface area contributed by atoms with E-state index >= 15 is 0 Å². The molecule has 38 heavy (non-hydrogen) atoms. The van der Waals surface area contributed by atoms with Gasteiger partial charge >= 0.3 is 6.18 Å². The number of nitrogens with zero attached hydrogens (tertiary/aromatic N) is 2. The van der Waals surface area contributed by atoms with Gasteiger partial charge in [-0.3, -0.25) is 9.89 Å². The molecule has 3 aromatic carbocycles. The van der Waals surface area contributed by atoms with Gasteiger partial charge in [-0.25, -0.2) is 4.98 Å². The Bertz CT molecular complexity index is 1670. The van der Waals surface area contributed by atoms with Crippen LogP contribution in [0.4, 0.5) is 30.2 Å². The second-order valence-electron chi connectivity index (χ2n) is 8.69. The molecular formula is C28H19F3N6O. The van der Waals surface area contributed by atoms with E-state index in [-0.39, 0.29) is 5.91 Å². The molecule has 0 unspecified atom stereocenters. The first-order valence-corrected chi connectivity index (χ1v) is 11.6. The van der Waals surface area contributed by atoms with E-state index in [1.807, 2.05) is 60.7 Å². The molecular weight excluding hydrogens is 493 g/mol. The number of fused-ring (bicyclic) bond motifs is 1. The first-order valence-electron chi connectivity index (χ1n) is 11.6. The summed E-state index contributed by atoms with van der Waals surface area (Å²) < 4.78 is 38.5. The van der Waals surface area contributed by atoms with Crippen LogP contribution in [0, 0.1) is 0 Å². The van der Waals surface area contributed by atoms with Gasteiger partial charge in [0.2, 0.25) is 0 Å². The Kier molecular flexibility index (Phi) is 5.56. The quantitative estimate of drug-likeness (QED) is 0.197. The van der Waals surface area contributed by atoms with Crippen molar-refractivity contribution in [3.8, 4) is 22.8 Å². The van der Waals surface area contributed by atoms with E-state index in [9.17, 15) is 18.0 Å². The second-order valence-corrected chi connectivity index (χ2v) is 8.69. The molecule has 10 heteroatoms. The van der Waals surface area contributed by atoms with Crippen molar-refractivity contribution in [3.63, 3.8) is 0 Å². The van der Waals surface area contributed by atoms with Gasteiger partial charge in [0.15, 0.2) is 11.6 Å². The molecule has 0 aliphatic carbocycles. The monoisotopic (exact) mass is 512 g/mol. The van der Waals surface area contributed by atoms with Crippen molar-refractivity contribution in [1.82, 2.24) is 20.2 Å². The zero-order valence-corrected chi connectivity index (χ0v) is 19.6. The van der Waals surface area contributed by atoms with Crippen LogP contribution < -0.4 is 10.6 Å². The van der Waals surface area contributed by atoms with Crippen LogP contribution in [0.3, 0.4) is 0 Å². The Hall–Kier alpha value is -5.12. The van der Waals surface area contributed by atoms with Crippen molar-refractivity contribution in [3.05, 3.63) is 102 Å². The number of nitrogens with one attached hydrogen (secondary N) is 4. The molecule has 0 saturated heterocycles. The summed E-state index contributed by atoms with van der Waals surface area (Å²) in [5.74, 6) is 0.607. The highest BCUT2D eigenvalue weighted by Crippen LogP contribution is 2.36. The molecule has 0 radical (unpaired) electrons. The van der Waals surface area contributed by atoms with Crippen molar-refractivity contribution >= 4 is 34.6 Å². The van der Waals surface area contributed by atoms with Crippen molar-refractivity contribution in [2.45, 2.75) is 6.18 Å². The Labute approximate surface area is 214 Å². The van der Waals surface area contributed by atoms with Crippen LogP contribution in [-0.2, 0) is 11.0 Å². The minimum Gasteiger partial charge on any atom is -0.362 e. The normalized spacial score (nSPS) is 14.0. The summed E-state index contributed by atoms with van der Waals surface area (Å²) in [6.07, 6.45) is -0.784. The van der Waals surface area contributed by atoms with Crippen LogP contribution in [0.25, 0.3) is 34.4 Å². The molecule has 6 rings (SSSR count). The van der Waals surface area contributed by atoms with E-state index in [2.05, 4.69) is 30.8 Å². The maximum atomic E-state index is 12.8. The third kappa shape index (κ3) is 4.55. The molecule has 0 spiro atoms. The second kappa shape index (κ2) is 9.07. The fourth-order valence-corrected chi connectivity index (χ4v) is 4.24. The van der Waals surface area contributed by atoms with Crippen molar-refractivity contribution in [2.24, 2.45) is 0 Å². The molecule has 0 atom stereocenters. The Balaban J connectivity index is 1.21. The minimum atomic E-state index is -4.40. The first-order chi connectivity index (χ1) is 18.3. The zero-order valence-electron chi connectivity index (χ0n) is 19.6. The SMILES string of the molecule is O=C1Nc2cc(Nc3cccc(-c4n[nH]c(-c5ccc(C(F)(F)F)cc5)n4)c3)ccc2C1=Cc1ccc[nH]1. The Morgan fingerprint density at radius 1 is 0.868 bits per heavy atom. The van der Waals surface area contributed by atoms with E-state index in [0.717, 1.165) is 40.3 Å². The lowest BCUT2D eigenvalue weighted by Gasteiger charge is -2.09. The highest BCUT2D eigenvalue weighted by Gasteiger charge is 2.30. The third-order valence-corrected chi connectivity index (χ3v) is 6.10. The van der Waals surface area contributed by atoms with E-state index in [0.29, 0.717) is 28.5 Å². The van der Waals surface area contributed by atoms with E-state index in [4.69, 9.17) is 0 Å². The summed E-state index contributed by atoms with van der Waals surface area (Å²) in [5, 5.41) is 13.3. The average molecular weight is 512 g/mol. The topological polar surface area (TPSA) is 98.5 Å². The fraction of sp³-hybridized carbons (Fsp3) is 0.0357. The van der Waals surface area contributed by atoms with Crippen LogP contribution in [-0.4, -0.2) is 26.1 Å². The van der Waals surface area contributed by atoms with Gasteiger partial charge in [-0.15, -0.1) is 0 Å². The lowest BCUT2D eigenvalue weighted by molar-refractivity contribution is -0.137. The van der Waals surface area contributed by atoms with Gasteiger partial charge in [0.05, 0.1) is 16.8 Å². The Morgan fingerprint density at radius 2 is 1.68 bits per heavy atom. The van der Waals surface area contributed by atoms with Crippen LogP contribution in [0.2, 0.25) is 0 Å². The van der Waals surface area contributed by atoms with E-state index < -0.39 is 11.7 Å². The third-order valence-electron chi connectivity index (χ3n) is 6.10. The minimum absolute atomic E-state index is 0.165. The number of H-pyrrole nitrogens is 2. The lowest BCUT2D eigenvalue weighted by Crippen LogP contribution is -2.04. The molecule has 0 bridgehead atoms. The number of hydrogen-bond donors (Lipinski definition) is 4. The van der Waals surface area contributed by atoms with Crippen molar-refractivity contribution < 1.29 is 18.0 Å². The summed E-state index contributed by atoms with van der Waals surface area (Å²) in [6, 6.07) is 21.6. The largest absolute Gasteiger partial charge is 0.416 e. The lowest BCUT2D eigenvalue weighted by atomic mass is 10.1. The standard InChI is InChI=1S/C28H19F3N6O/c29-28(30,31)18-8-6-16(7-9-18)25-35-26(37-36-25)17-3-1-4-20(13-17)33-21-10-11-22-23(14-19-5-2-12-32-19)27(38)34-24(22)15-21/h1-15,32-33H,(H,34,38)(H,35,36,37). The van der Waals surface area contributed by atoms with Gasteiger partial charge < -0.3 is 15.6 Å². The fourth-order valence-electron chi connectivity index (χ4n) is 4.24. The van der Waals surface area contributed by atoms with Gasteiger partial charge in [0.1, 0.15) is 0 Å². The molecule has 4 N–H and O–H groups in total. The van der Waals surface area contributed by atoms with Crippen LogP contribution in [0.5, 0.6) is 0 Å². The van der Waals surface area contributed by atoms with E-state index in [1.165, 1.54) is 12.1 Å². The maximum Gasteiger partial charge on any atom is 0.416 e. The summed E-state index contributed by atoms with van der Waals surface area (Å²) >= 11 is 0. The molecule has 7 nitrogen and oxygen atoms in total. The molecule has 2 aromatic heterocycles. The van der Waals surface area contributed by atoms with Crippen molar-refractivity contribution in [2.75, 3.05) is 10.6 Å². The number of hydrogen-bond acceptors (Lipinski definition) is 4. The number of aromatic amines is 2. The number of aromatic nitrogens is 4. The molecule has 1 aliphatic heterocycles. The summed E-state index contributed by atoms with van der Waals surface area (Å²) in [7, 11) is 0. The van der Waals surface area contributed by atoms with Gasteiger partial charge in [0, 0.05) is 40.0 Å². The van der Waals surface area contributed by atoms with Gasteiger partial charge in [-0.05, 0) is 54.6 Å². The van der Waals surface area contributed by atoms with Crippen LogP contribution >= 0.6 is 0 Å². The smallest absolute Gasteiger partial charge is 0.362 e. The highest BCUT2D eigenvalue weighted by molar-refractivity contribution is 6.35. The molecule has 0 fully saturated rings. The number of rotatable bonds is 5. The average Bonchev–Trinajstić information content (AvgIpc) is 3.65. The van der Waals surface area contributed by atoms with Crippen LogP contribution in [0.15, 0.2) is 85.1 Å². The number of carbonyl (C=O) groups excluding carboxylic acids is 1. The maximum absolute atomic E-state index is 12.8. The van der Waals surface area contributed by atoms with Crippen molar-refractivity contribution in [1.29, 1.82) is 0 Å². The zero-order chi connectivity index (χ0) is 26.3.